The summed E-state index contributed by atoms with van der Waals surface area (Å²) in [5.41, 5.74) is 1.15. The fraction of sp³-hybridized carbons (Fsp3) is 0.647. The highest BCUT2D eigenvalue weighted by atomic mass is 16.5. The number of nitrogens with one attached hydrogen (secondary N) is 1. The van der Waals surface area contributed by atoms with Crippen LogP contribution < -0.4 is 14.8 Å². The highest BCUT2D eigenvalue weighted by Crippen LogP contribution is 2.37. The summed E-state index contributed by atoms with van der Waals surface area (Å²) in [5, 5.41) is 13.8. The molecule has 1 aromatic rings. The summed E-state index contributed by atoms with van der Waals surface area (Å²) in [4.78, 5) is 0. The Morgan fingerprint density at radius 1 is 1.24 bits per heavy atom. The Morgan fingerprint density at radius 3 is 2.57 bits per heavy atom. The van der Waals surface area contributed by atoms with Crippen LogP contribution in [0.3, 0.4) is 0 Å². The van der Waals surface area contributed by atoms with Crippen molar-refractivity contribution >= 4 is 0 Å². The second kappa shape index (κ2) is 7.14. The highest BCUT2D eigenvalue weighted by Gasteiger charge is 2.28. The molecule has 4 nitrogen and oxygen atoms in total. The summed E-state index contributed by atoms with van der Waals surface area (Å²) in [5.74, 6) is 1.42. The van der Waals surface area contributed by atoms with Gasteiger partial charge < -0.3 is 19.9 Å². The maximum absolute atomic E-state index is 10.4. The van der Waals surface area contributed by atoms with Gasteiger partial charge >= 0.3 is 0 Å². The van der Waals surface area contributed by atoms with E-state index in [4.69, 9.17) is 9.47 Å². The molecule has 1 saturated carbocycles. The second-order valence-electron chi connectivity index (χ2n) is 6.27. The molecule has 0 spiro atoms. The average molecular weight is 293 g/mol. The van der Waals surface area contributed by atoms with E-state index in [0.29, 0.717) is 17.7 Å². The number of ether oxygens (including phenoxy) is 2. The van der Waals surface area contributed by atoms with Crippen LogP contribution in [0.15, 0.2) is 18.2 Å². The van der Waals surface area contributed by atoms with Gasteiger partial charge in [0.2, 0.25) is 0 Å². The second-order valence-corrected chi connectivity index (χ2v) is 6.27. The third-order valence-corrected chi connectivity index (χ3v) is 4.50. The minimum absolute atomic E-state index is 0.387. The zero-order chi connectivity index (χ0) is 15.3. The summed E-state index contributed by atoms with van der Waals surface area (Å²) >= 11 is 0. The lowest BCUT2D eigenvalue weighted by Crippen LogP contribution is -2.32. The zero-order valence-electron chi connectivity index (χ0n) is 13.3. The van der Waals surface area contributed by atoms with E-state index in [1.807, 2.05) is 18.2 Å². The lowest BCUT2D eigenvalue weighted by molar-refractivity contribution is 0.163. The number of aliphatic hydroxyl groups is 1. The van der Waals surface area contributed by atoms with Crippen LogP contribution in [0.25, 0.3) is 0 Å². The number of methoxy groups -OCH3 is 2. The predicted molar refractivity (Wildman–Crippen MR) is 84.0 cm³/mol. The first kappa shape index (κ1) is 16.1. The van der Waals surface area contributed by atoms with Crippen LogP contribution in [0, 0.1) is 5.41 Å². The van der Waals surface area contributed by atoms with Gasteiger partial charge in [-0.15, -0.1) is 0 Å². The normalized spacial score (nSPS) is 18.5. The molecule has 0 aliphatic heterocycles. The van der Waals surface area contributed by atoms with E-state index in [1.54, 1.807) is 14.2 Å². The van der Waals surface area contributed by atoms with E-state index in [-0.39, 0.29) is 0 Å². The SMILES string of the molecule is COc1ccc(OC)c(C(O)CNCC2(C)CCCC2)c1. The van der Waals surface area contributed by atoms with Gasteiger partial charge in [0, 0.05) is 18.7 Å². The van der Waals surface area contributed by atoms with Gasteiger partial charge in [0.05, 0.1) is 20.3 Å². The summed E-state index contributed by atoms with van der Waals surface area (Å²) in [7, 11) is 3.24. The number of hydrogen-bond acceptors (Lipinski definition) is 4. The number of aliphatic hydroxyl groups excluding tert-OH is 1. The van der Waals surface area contributed by atoms with Crippen LogP contribution in [0.4, 0.5) is 0 Å². The van der Waals surface area contributed by atoms with E-state index in [1.165, 1.54) is 25.7 Å². The molecule has 118 valence electrons. The van der Waals surface area contributed by atoms with Gasteiger partial charge in [0.1, 0.15) is 11.5 Å². The lowest BCUT2D eigenvalue weighted by Gasteiger charge is -2.25. The fourth-order valence-corrected chi connectivity index (χ4v) is 3.13. The van der Waals surface area contributed by atoms with E-state index in [2.05, 4.69) is 12.2 Å². The monoisotopic (exact) mass is 293 g/mol. The average Bonchev–Trinajstić information content (AvgIpc) is 2.93. The Bertz CT molecular complexity index is 455. The van der Waals surface area contributed by atoms with Gasteiger partial charge in [-0.05, 0) is 36.5 Å². The molecule has 0 radical (unpaired) electrons. The van der Waals surface area contributed by atoms with Crippen LogP contribution in [-0.4, -0.2) is 32.4 Å². The van der Waals surface area contributed by atoms with E-state index < -0.39 is 6.10 Å². The Balaban J connectivity index is 1.94. The minimum Gasteiger partial charge on any atom is -0.497 e. The summed E-state index contributed by atoms with van der Waals surface area (Å²) in [6, 6.07) is 5.50. The molecule has 1 aromatic carbocycles. The smallest absolute Gasteiger partial charge is 0.124 e. The molecule has 4 heteroatoms. The predicted octanol–water partition coefficient (Wildman–Crippen LogP) is 2.91. The number of hydrogen-bond donors (Lipinski definition) is 2. The molecule has 1 aliphatic rings. The van der Waals surface area contributed by atoms with Crippen LogP contribution in [0.1, 0.15) is 44.3 Å². The maximum Gasteiger partial charge on any atom is 0.124 e. The van der Waals surface area contributed by atoms with E-state index in [0.717, 1.165) is 17.9 Å². The third-order valence-electron chi connectivity index (χ3n) is 4.50. The number of rotatable bonds is 7. The van der Waals surface area contributed by atoms with Gasteiger partial charge in [-0.25, -0.2) is 0 Å². The topological polar surface area (TPSA) is 50.7 Å². The molecular weight excluding hydrogens is 266 g/mol. The van der Waals surface area contributed by atoms with E-state index in [9.17, 15) is 5.11 Å². The van der Waals surface area contributed by atoms with Crippen LogP contribution >= 0.6 is 0 Å². The first-order valence-corrected chi connectivity index (χ1v) is 7.69. The molecular formula is C17H27NO3. The molecule has 0 amide bonds. The molecule has 2 N–H and O–H groups in total. The van der Waals surface area contributed by atoms with Crippen molar-refractivity contribution in [1.82, 2.24) is 5.32 Å². The van der Waals surface area contributed by atoms with Crippen LogP contribution in [0.2, 0.25) is 0 Å². The summed E-state index contributed by atoms with van der Waals surface area (Å²) < 4.78 is 10.5. The fourth-order valence-electron chi connectivity index (χ4n) is 3.13. The molecule has 0 heterocycles. The van der Waals surface area contributed by atoms with Crippen molar-refractivity contribution in [3.05, 3.63) is 23.8 Å². The first-order valence-electron chi connectivity index (χ1n) is 7.69. The van der Waals surface area contributed by atoms with Gasteiger partial charge in [0.15, 0.2) is 0 Å². The Morgan fingerprint density at radius 2 is 1.95 bits per heavy atom. The van der Waals surface area contributed by atoms with Crippen LogP contribution in [0.5, 0.6) is 11.5 Å². The van der Waals surface area contributed by atoms with Gasteiger partial charge in [-0.2, -0.15) is 0 Å². The van der Waals surface area contributed by atoms with Crippen LogP contribution in [-0.2, 0) is 0 Å². The molecule has 1 unspecified atom stereocenters. The summed E-state index contributed by atoms with van der Waals surface area (Å²) in [6.07, 6.45) is 4.60. The lowest BCUT2D eigenvalue weighted by atomic mass is 9.89. The standard InChI is InChI=1S/C17H27NO3/c1-17(8-4-5-9-17)12-18-11-15(19)14-10-13(20-2)6-7-16(14)21-3/h6-7,10,15,18-19H,4-5,8-9,11-12H2,1-3H3. The van der Waals surface area contributed by atoms with Crippen molar-refractivity contribution in [2.24, 2.45) is 5.41 Å². The maximum atomic E-state index is 10.4. The molecule has 1 atom stereocenters. The summed E-state index contributed by atoms with van der Waals surface area (Å²) in [6.45, 7) is 3.81. The van der Waals surface area contributed by atoms with Crippen molar-refractivity contribution in [2.45, 2.75) is 38.7 Å². The zero-order valence-corrected chi connectivity index (χ0v) is 13.3. The van der Waals surface area contributed by atoms with Crippen molar-refractivity contribution in [1.29, 1.82) is 0 Å². The number of benzene rings is 1. The van der Waals surface area contributed by atoms with Crippen molar-refractivity contribution in [3.8, 4) is 11.5 Å². The molecule has 0 aromatic heterocycles. The molecule has 1 fully saturated rings. The molecule has 1 aliphatic carbocycles. The molecule has 0 saturated heterocycles. The van der Waals surface area contributed by atoms with Gasteiger partial charge in [-0.3, -0.25) is 0 Å². The molecule has 0 bridgehead atoms. The van der Waals surface area contributed by atoms with Crippen molar-refractivity contribution in [2.75, 3.05) is 27.3 Å². The molecule has 21 heavy (non-hydrogen) atoms. The van der Waals surface area contributed by atoms with Crippen molar-refractivity contribution < 1.29 is 14.6 Å². The Labute approximate surface area is 127 Å². The third kappa shape index (κ3) is 4.11. The largest absolute Gasteiger partial charge is 0.497 e. The molecule has 2 rings (SSSR count). The Kier molecular flexibility index (Phi) is 5.48. The van der Waals surface area contributed by atoms with E-state index >= 15 is 0 Å². The Hall–Kier alpha value is -1.26. The quantitative estimate of drug-likeness (QED) is 0.811. The van der Waals surface area contributed by atoms with Gasteiger partial charge in [0.25, 0.3) is 0 Å². The van der Waals surface area contributed by atoms with Gasteiger partial charge in [-0.1, -0.05) is 19.8 Å². The minimum atomic E-state index is -0.597. The van der Waals surface area contributed by atoms with Crippen molar-refractivity contribution in [3.63, 3.8) is 0 Å². The highest BCUT2D eigenvalue weighted by molar-refractivity contribution is 5.41. The first-order chi connectivity index (χ1) is 10.1.